The minimum Gasteiger partial charge on any atom is -0.339 e. The smallest absolute Gasteiger partial charge is 0.264 e. The Labute approximate surface area is 226 Å². The monoisotopic (exact) mass is 550 g/mol. The Balaban J connectivity index is 1.28. The quantitative estimate of drug-likeness (QED) is 0.310. The second-order valence-corrected chi connectivity index (χ2v) is 11.8. The molecule has 1 amide bonds. The first-order valence-electron chi connectivity index (χ1n) is 12.3. The van der Waals surface area contributed by atoms with Crippen LogP contribution in [0.25, 0.3) is 0 Å². The molecule has 0 atom stereocenters. The van der Waals surface area contributed by atoms with Crippen molar-refractivity contribution in [3.8, 4) is 0 Å². The summed E-state index contributed by atoms with van der Waals surface area (Å²) in [6.07, 6.45) is 1.88. The molecule has 0 radical (unpaired) electrons. The van der Waals surface area contributed by atoms with Crippen molar-refractivity contribution in [2.45, 2.75) is 43.9 Å². The number of hydrogen-bond donors (Lipinski definition) is 1. The van der Waals surface area contributed by atoms with Gasteiger partial charge in [0.1, 0.15) is 0 Å². The summed E-state index contributed by atoms with van der Waals surface area (Å²) in [4.78, 5) is 17.6. The van der Waals surface area contributed by atoms with Gasteiger partial charge in [0.15, 0.2) is 5.82 Å². The molecule has 5 rings (SSSR count). The van der Waals surface area contributed by atoms with Gasteiger partial charge >= 0.3 is 0 Å². The van der Waals surface area contributed by atoms with E-state index in [4.69, 9.17) is 16.1 Å². The number of halogens is 1. The lowest BCUT2D eigenvalue weighted by Crippen LogP contribution is -2.35. The van der Waals surface area contributed by atoms with Gasteiger partial charge in [-0.2, -0.15) is 4.98 Å². The van der Waals surface area contributed by atoms with Crippen LogP contribution < -0.4 is 9.62 Å². The first-order chi connectivity index (χ1) is 18.2. The van der Waals surface area contributed by atoms with Crippen molar-refractivity contribution in [3.63, 3.8) is 0 Å². The van der Waals surface area contributed by atoms with Gasteiger partial charge in [0.2, 0.25) is 5.89 Å². The summed E-state index contributed by atoms with van der Waals surface area (Å²) in [5.41, 5.74) is 3.52. The van der Waals surface area contributed by atoms with Gasteiger partial charge in [0.25, 0.3) is 15.9 Å². The van der Waals surface area contributed by atoms with E-state index in [2.05, 4.69) is 15.5 Å². The minimum absolute atomic E-state index is 0.174. The normalized spacial score (nSPS) is 13.4. The third-order valence-electron chi connectivity index (χ3n) is 6.37. The lowest BCUT2D eigenvalue weighted by Gasteiger charge is -2.30. The van der Waals surface area contributed by atoms with Crippen molar-refractivity contribution >= 4 is 38.9 Å². The van der Waals surface area contributed by atoms with Gasteiger partial charge < -0.3 is 9.84 Å². The number of amides is 1. The highest BCUT2D eigenvalue weighted by atomic mass is 35.5. The molecule has 1 N–H and O–H groups in total. The Kier molecular flexibility index (Phi) is 7.23. The van der Waals surface area contributed by atoms with Gasteiger partial charge in [-0.15, -0.1) is 0 Å². The zero-order chi connectivity index (χ0) is 26.9. The van der Waals surface area contributed by atoms with Crippen molar-refractivity contribution in [2.24, 2.45) is 0 Å². The van der Waals surface area contributed by atoms with Crippen molar-refractivity contribution in [1.29, 1.82) is 0 Å². The average molecular weight is 551 g/mol. The van der Waals surface area contributed by atoms with Crippen molar-refractivity contribution in [2.75, 3.05) is 16.2 Å². The van der Waals surface area contributed by atoms with Crippen LogP contribution >= 0.6 is 11.6 Å². The molecule has 0 bridgehead atoms. The minimum atomic E-state index is -3.74. The largest absolute Gasteiger partial charge is 0.339 e. The average Bonchev–Trinajstić information content (AvgIpc) is 3.38. The maximum Gasteiger partial charge on any atom is 0.264 e. The lowest BCUT2D eigenvalue weighted by atomic mass is 10.0. The molecule has 1 aromatic heterocycles. The van der Waals surface area contributed by atoms with Crippen LogP contribution in [0.3, 0.4) is 0 Å². The predicted molar refractivity (Wildman–Crippen MR) is 146 cm³/mol. The molecule has 1 aliphatic heterocycles. The third-order valence-corrected chi connectivity index (χ3v) is 8.45. The number of aromatic nitrogens is 2. The molecule has 0 fully saturated rings. The van der Waals surface area contributed by atoms with Crippen LogP contribution in [0, 0.1) is 0 Å². The molecule has 1 aliphatic rings. The molecule has 38 heavy (non-hydrogen) atoms. The lowest BCUT2D eigenvalue weighted by molar-refractivity contribution is 0.102. The van der Waals surface area contributed by atoms with E-state index < -0.39 is 10.0 Å². The second kappa shape index (κ2) is 10.6. The Morgan fingerprint density at radius 2 is 1.82 bits per heavy atom. The summed E-state index contributed by atoms with van der Waals surface area (Å²) in [6.45, 7) is 4.37. The van der Waals surface area contributed by atoms with Gasteiger partial charge in [0.05, 0.1) is 10.6 Å². The van der Waals surface area contributed by atoms with Gasteiger partial charge in [-0.3, -0.25) is 9.10 Å². The molecule has 2 heterocycles. The molecule has 0 saturated heterocycles. The van der Waals surface area contributed by atoms with E-state index in [1.165, 1.54) is 16.4 Å². The Morgan fingerprint density at radius 1 is 1.08 bits per heavy atom. The number of carbonyl (C=O) groups is 1. The number of fused-ring (bicyclic) bond motifs is 1. The van der Waals surface area contributed by atoms with Crippen LogP contribution in [0.15, 0.2) is 76.1 Å². The summed E-state index contributed by atoms with van der Waals surface area (Å²) in [5.74, 6) is 1.14. The van der Waals surface area contributed by atoms with Gasteiger partial charge in [0, 0.05) is 35.2 Å². The van der Waals surface area contributed by atoms with Crippen LogP contribution in [-0.4, -0.2) is 31.0 Å². The highest BCUT2D eigenvalue weighted by Crippen LogP contribution is 2.33. The number of aryl methyl sites for hydroxylation is 1. The number of sulfonamides is 1. The van der Waals surface area contributed by atoms with Crippen molar-refractivity contribution in [1.82, 2.24) is 10.1 Å². The second-order valence-electron chi connectivity index (χ2n) is 9.51. The maximum atomic E-state index is 13.3. The summed E-state index contributed by atoms with van der Waals surface area (Å²) in [6, 6.07) is 18.7. The first kappa shape index (κ1) is 25.9. The predicted octanol–water partition coefficient (Wildman–Crippen LogP) is 5.83. The van der Waals surface area contributed by atoms with Crippen LogP contribution in [-0.2, 0) is 22.9 Å². The van der Waals surface area contributed by atoms with Crippen LogP contribution in [0.4, 0.5) is 11.4 Å². The maximum absolute atomic E-state index is 13.3. The van der Waals surface area contributed by atoms with E-state index >= 15 is 0 Å². The summed E-state index contributed by atoms with van der Waals surface area (Å²) < 4.78 is 33.2. The number of anilines is 2. The SMILES string of the molecule is CC(C)c1nc(Cc2ccc(NC(=O)c3ccc4c(c3)CCCN4S(=O)(=O)c3ccc(Cl)cc3)cc2)no1. The summed E-state index contributed by atoms with van der Waals surface area (Å²) in [7, 11) is -3.74. The molecule has 8 nitrogen and oxygen atoms in total. The molecule has 196 valence electrons. The van der Waals surface area contributed by atoms with E-state index in [0.717, 1.165) is 11.1 Å². The number of nitrogens with one attached hydrogen (secondary N) is 1. The third kappa shape index (κ3) is 5.44. The van der Waals surface area contributed by atoms with Gasteiger partial charge in [-0.1, -0.05) is 42.7 Å². The molecular formula is C28H27ClN4O4S. The van der Waals surface area contributed by atoms with E-state index in [9.17, 15) is 13.2 Å². The molecule has 4 aromatic rings. The Bertz CT molecular complexity index is 1570. The number of carbonyl (C=O) groups excluding carboxylic acids is 1. The summed E-state index contributed by atoms with van der Waals surface area (Å²) in [5, 5.41) is 7.40. The van der Waals surface area contributed by atoms with E-state index in [1.54, 1.807) is 30.3 Å². The standard InChI is InChI=1S/C28H27ClN4O4S/c1-18(2)28-31-26(32-37-28)16-19-5-10-23(11-6-19)30-27(34)21-7-14-25-20(17-21)4-3-15-33(25)38(35,36)24-12-8-22(29)9-13-24/h5-14,17-18H,3-4,15-16H2,1-2H3,(H,30,34). The van der Waals surface area contributed by atoms with Crippen LogP contribution in [0.5, 0.6) is 0 Å². The highest BCUT2D eigenvalue weighted by molar-refractivity contribution is 7.92. The fourth-order valence-electron chi connectivity index (χ4n) is 4.35. The molecular weight excluding hydrogens is 524 g/mol. The molecule has 0 unspecified atom stereocenters. The molecule has 0 saturated carbocycles. The van der Waals surface area contributed by atoms with Crippen LogP contribution in [0.1, 0.15) is 59.4 Å². The fraction of sp³-hybridized carbons (Fsp3) is 0.250. The molecule has 3 aromatic carbocycles. The zero-order valence-corrected chi connectivity index (χ0v) is 22.6. The van der Waals surface area contributed by atoms with Gasteiger partial charge in [-0.05, 0) is 78.6 Å². The number of hydrogen-bond acceptors (Lipinski definition) is 6. The topological polar surface area (TPSA) is 105 Å². The number of rotatable bonds is 7. The first-order valence-corrected chi connectivity index (χ1v) is 14.2. The Hall–Kier alpha value is -3.69. The van der Waals surface area contributed by atoms with Crippen molar-refractivity contribution in [3.05, 3.63) is 100 Å². The van der Waals surface area contributed by atoms with Crippen LogP contribution in [0.2, 0.25) is 5.02 Å². The highest BCUT2D eigenvalue weighted by Gasteiger charge is 2.29. The van der Waals surface area contributed by atoms with E-state index in [-0.39, 0.29) is 16.7 Å². The zero-order valence-electron chi connectivity index (χ0n) is 21.0. The van der Waals surface area contributed by atoms with Crippen molar-refractivity contribution < 1.29 is 17.7 Å². The molecule has 10 heteroatoms. The van der Waals surface area contributed by atoms with E-state index in [0.29, 0.717) is 59.5 Å². The fourth-order valence-corrected chi connectivity index (χ4v) is 6.02. The van der Waals surface area contributed by atoms with Gasteiger partial charge in [-0.25, -0.2) is 8.42 Å². The molecule has 0 spiro atoms. The number of benzene rings is 3. The molecule has 0 aliphatic carbocycles. The summed E-state index contributed by atoms with van der Waals surface area (Å²) >= 11 is 5.93. The number of nitrogens with zero attached hydrogens (tertiary/aromatic N) is 3. The Morgan fingerprint density at radius 3 is 2.50 bits per heavy atom. The van der Waals surface area contributed by atoms with E-state index in [1.807, 2.05) is 38.1 Å².